The summed E-state index contributed by atoms with van der Waals surface area (Å²) in [4.78, 5) is 12.0. The number of methoxy groups -OCH3 is 1. The molecule has 3 unspecified atom stereocenters. The van der Waals surface area contributed by atoms with E-state index in [1.807, 2.05) is 0 Å². The lowest BCUT2D eigenvalue weighted by Gasteiger charge is -2.32. The first-order chi connectivity index (χ1) is 8.59. The van der Waals surface area contributed by atoms with Gasteiger partial charge in [-0.2, -0.15) is 0 Å². The van der Waals surface area contributed by atoms with Crippen molar-refractivity contribution in [1.82, 2.24) is 5.32 Å². The van der Waals surface area contributed by atoms with Gasteiger partial charge in [0.1, 0.15) is 0 Å². The molecule has 0 bridgehead atoms. The van der Waals surface area contributed by atoms with Crippen LogP contribution in [0.5, 0.6) is 0 Å². The van der Waals surface area contributed by atoms with E-state index >= 15 is 0 Å². The van der Waals surface area contributed by atoms with Crippen LogP contribution in [0.25, 0.3) is 0 Å². The number of rotatable bonds is 2. The van der Waals surface area contributed by atoms with Gasteiger partial charge in [-0.3, -0.25) is 4.79 Å². The number of nitrogens with one attached hydrogen (secondary N) is 1. The number of carbonyl (C=O) groups is 1. The molecule has 1 N–H and O–H groups in total. The van der Waals surface area contributed by atoms with E-state index in [0.717, 1.165) is 24.9 Å². The summed E-state index contributed by atoms with van der Waals surface area (Å²) in [5.41, 5.74) is 0.177. The Morgan fingerprint density at radius 2 is 2.11 bits per heavy atom. The van der Waals surface area contributed by atoms with Crippen molar-refractivity contribution in [1.29, 1.82) is 0 Å². The van der Waals surface area contributed by atoms with Gasteiger partial charge in [-0.25, -0.2) is 0 Å². The molecule has 0 aromatic rings. The number of esters is 1. The van der Waals surface area contributed by atoms with E-state index in [-0.39, 0.29) is 17.3 Å². The first kappa shape index (κ1) is 13.9. The third-order valence-corrected chi connectivity index (χ3v) is 5.26. The van der Waals surface area contributed by atoms with E-state index in [1.54, 1.807) is 0 Å². The molecule has 1 spiro atoms. The normalized spacial score (nSPS) is 36.9. The van der Waals surface area contributed by atoms with Crippen molar-refractivity contribution >= 4 is 5.97 Å². The molecule has 0 amide bonds. The minimum Gasteiger partial charge on any atom is -0.469 e. The molecule has 0 aromatic heterocycles. The van der Waals surface area contributed by atoms with Gasteiger partial charge in [-0.1, -0.05) is 26.7 Å². The van der Waals surface area contributed by atoms with Gasteiger partial charge in [-0.05, 0) is 36.5 Å². The topological polar surface area (TPSA) is 38.3 Å². The third kappa shape index (κ3) is 2.56. The van der Waals surface area contributed by atoms with E-state index in [9.17, 15) is 4.79 Å². The average molecular weight is 253 g/mol. The lowest BCUT2D eigenvalue weighted by atomic mass is 9.72. The molecular formula is C15H27NO2. The predicted octanol–water partition coefficient (Wildman–Crippen LogP) is 2.60. The van der Waals surface area contributed by atoms with Crippen LogP contribution in [0.15, 0.2) is 0 Å². The Bertz CT molecular complexity index is 303. The van der Waals surface area contributed by atoms with Gasteiger partial charge < -0.3 is 10.1 Å². The van der Waals surface area contributed by atoms with E-state index in [0.29, 0.717) is 0 Å². The molecule has 3 atom stereocenters. The van der Waals surface area contributed by atoms with Crippen molar-refractivity contribution in [3.63, 3.8) is 0 Å². The Morgan fingerprint density at radius 1 is 1.33 bits per heavy atom. The molecule has 0 aromatic carbocycles. The minimum absolute atomic E-state index is 0.0111. The van der Waals surface area contributed by atoms with Crippen LogP contribution in [0.4, 0.5) is 0 Å². The van der Waals surface area contributed by atoms with Crippen molar-refractivity contribution in [2.45, 2.75) is 46.0 Å². The average Bonchev–Trinajstić information content (AvgIpc) is 2.62. The van der Waals surface area contributed by atoms with Gasteiger partial charge in [0.05, 0.1) is 13.0 Å². The number of ether oxygens (including phenoxy) is 1. The Morgan fingerprint density at radius 3 is 2.78 bits per heavy atom. The highest BCUT2D eigenvalue weighted by molar-refractivity contribution is 5.74. The largest absolute Gasteiger partial charge is 0.469 e. The Balaban J connectivity index is 2.08. The highest BCUT2D eigenvalue weighted by Gasteiger charge is 2.47. The molecule has 2 fully saturated rings. The van der Waals surface area contributed by atoms with Crippen molar-refractivity contribution < 1.29 is 9.53 Å². The standard InChI is InChI=1S/C15H27NO2/c1-11(2)12-5-4-7-15(8-6-12)10-16-9-13(15)14(17)18-3/h11-13,16H,4-10H2,1-3H3. The Hall–Kier alpha value is -0.570. The number of hydrogen-bond donors (Lipinski definition) is 1. The molecule has 2 aliphatic rings. The Labute approximate surface area is 111 Å². The van der Waals surface area contributed by atoms with Crippen LogP contribution < -0.4 is 5.32 Å². The summed E-state index contributed by atoms with van der Waals surface area (Å²) in [5.74, 6) is 1.67. The second kappa shape index (κ2) is 5.60. The molecule has 1 aliphatic carbocycles. The monoisotopic (exact) mass is 253 g/mol. The SMILES string of the molecule is COC(=O)C1CNCC12CCCC(C(C)C)CC2. The van der Waals surface area contributed by atoms with Crippen LogP contribution >= 0.6 is 0 Å². The van der Waals surface area contributed by atoms with Gasteiger partial charge >= 0.3 is 5.97 Å². The summed E-state index contributed by atoms with van der Waals surface area (Å²) in [5, 5.41) is 3.42. The fourth-order valence-corrected chi connectivity index (χ4v) is 3.93. The van der Waals surface area contributed by atoms with Crippen molar-refractivity contribution in [2.24, 2.45) is 23.2 Å². The van der Waals surface area contributed by atoms with E-state index < -0.39 is 0 Å². The quantitative estimate of drug-likeness (QED) is 0.769. The minimum atomic E-state index is -0.0111. The molecule has 1 saturated carbocycles. The molecular weight excluding hydrogens is 226 g/mol. The van der Waals surface area contributed by atoms with Crippen LogP contribution in [-0.2, 0) is 9.53 Å². The van der Waals surface area contributed by atoms with E-state index in [2.05, 4.69) is 19.2 Å². The van der Waals surface area contributed by atoms with Crippen LogP contribution in [0.3, 0.4) is 0 Å². The zero-order valence-corrected chi connectivity index (χ0v) is 12.0. The first-order valence-electron chi connectivity index (χ1n) is 7.37. The second-order valence-electron chi connectivity index (χ2n) is 6.50. The molecule has 3 heteroatoms. The first-order valence-corrected chi connectivity index (χ1v) is 7.37. The molecule has 104 valence electrons. The maximum atomic E-state index is 12.0. The fourth-order valence-electron chi connectivity index (χ4n) is 3.93. The zero-order chi connectivity index (χ0) is 13.2. The maximum Gasteiger partial charge on any atom is 0.310 e. The lowest BCUT2D eigenvalue weighted by Crippen LogP contribution is -2.35. The van der Waals surface area contributed by atoms with Crippen molar-refractivity contribution in [2.75, 3.05) is 20.2 Å². The maximum absolute atomic E-state index is 12.0. The molecule has 18 heavy (non-hydrogen) atoms. The Kier molecular flexibility index (Phi) is 4.31. The van der Waals surface area contributed by atoms with Crippen molar-refractivity contribution in [3.05, 3.63) is 0 Å². The predicted molar refractivity (Wildman–Crippen MR) is 72.2 cm³/mol. The van der Waals surface area contributed by atoms with Crippen LogP contribution in [0.2, 0.25) is 0 Å². The van der Waals surface area contributed by atoms with Crippen LogP contribution in [0, 0.1) is 23.2 Å². The fraction of sp³-hybridized carbons (Fsp3) is 0.933. The molecule has 3 nitrogen and oxygen atoms in total. The molecule has 0 radical (unpaired) electrons. The van der Waals surface area contributed by atoms with E-state index in [4.69, 9.17) is 4.74 Å². The highest BCUT2D eigenvalue weighted by Crippen LogP contribution is 2.46. The summed E-state index contributed by atoms with van der Waals surface area (Å²) in [6.07, 6.45) is 6.23. The lowest BCUT2D eigenvalue weighted by molar-refractivity contribution is -0.148. The summed E-state index contributed by atoms with van der Waals surface area (Å²) >= 11 is 0. The second-order valence-corrected chi connectivity index (χ2v) is 6.50. The van der Waals surface area contributed by atoms with Gasteiger partial charge in [0.2, 0.25) is 0 Å². The zero-order valence-electron chi connectivity index (χ0n) is 12.0. The van der Waals surface area contributed by atoms with Gasteiger partial charge in [0, 0.05) is 13.1 Å². The summed E-state index contributed by atoms with van der Waals surface area (Å²) in [7, 11) is 1.52. The van der Waals surface area contributed by atoms with E-state index in [1.165, 1.54) is 39.2 Å². The summed E-state index contributed by atoms with van der Waals surface area (Å²) < 4.78 is 5.00. The molecule has 1 heterocycles. The smallest absolute Gasteiger partial charge is 0.310 e. The van der Waals surface area contributed by atoms with Crippen molar-refractivity contribution in [3.8, 4) is 0 Å². The van der Waals surface area contributed by atoms with Gasteiger partial charge in [-0.15, -0.1) is 0 Å². The third-order valence-electron chi connectivity index (χ3n) is 5.26. The summed E-state index contributed by atoms with van der Waals surface area (Å²) in [6, 6.07) is 0. The summed E-state index contributed by atoms with van der Waals surface area (Å²) in [6.45, 7) is 6.46. The van der Waals surface area contributed by atoms with Gasteiger partial charge in [0.15, 0.2) is 0 Å². The molecule has 1 aliphatic heterocycles. The molecule has 2 rings (SSSR count). The van der Waals surface area contributed by atoms with Crippen LogP contribution in [0.1, 0.15) is 46.0 Å². The highest BCUT2D eigenvalue weighted by atomic mass is 16.5. The number of hydrogen-bond acceptors (Lipinski definition) is 3. The van der Waals surface area contributed by atoms with Crippen LogP contribution in [-0.4, -0.2) is 26.2 Å². The number of carbonyl (C=O) groups excluding carboxylic acids is 1. The molecule has 1 saturated heterocycles. The van der Waals surface area contributed by atoms with Gasteiger partial charge in [0.25, 0.3) is 0 Å².